The Balaban J connectivity index is 1.60. The lowest BCUT2D eigenvalue weighted by atomic mass is 10.1. The third-order valence-electron chi connectivity index (χ3n) is 4.36. The largest absolute Gasteiger partial charge is 0.314 e. The molecule has 0 saturated carbocycles. The van der Waals surface area contributed by atoms with E-state index < -0.39 is 0 Å². The molecule has 0 radical (unpaired) electrons. The molecule has 1 N–H and O–H groups in total. The molecule has 5 nitrogen and oxygen atoms in total. The Bertz CT molecular complexity index is 867. The second kappa shape index (κ2) is 6.83. The highest BCUT2D eigenvalue weighted by molar-refractivity contribution is 5.99. The Hall–Kier alpha value is -3.05. The van der Waals surface area contributed by atoms with E-state index in [9.17, 15) is 4.79 Å². The second-order valence-electron chi connectivity index (χ2n) is 6.03. The van der Waals surface area contributed by atoms with Gasteiger partial charge in [0.1, 0.15) is 6.17 Å². The van der Waals surface area contributed by atoms with Crippen LogP contribution in [-0.2, 0) is 13.1 Å². The van der Waals surface area contributed by atoms with Crippen molar-refractivity contribution in [1.82, 2.24) is 20.2 Å². The van der Waals surface area contributed by atoms with Crippen LogP contribution in [0.5, 0.6) is 0 Å². The molecule has 0 fully saturated rings. The fraction of sp³-hybridized carbons (Fsp3) is 0.150. The van der Waals surface area contributed by atoms with Gasteiger partial charge in [0.15, 0.2) is 0 Å². The highest BCUT2D eigenvalue weighted by Crippen LogP contribution is 2.33. The summed E-state index contributed by atoms with van der Waals surface area (Å²) < 4.78 is 0. The van der Waals surface area contributed by atoms with Crippen LogP contribution in [0.3, 0.4) is 0 Å². The lowest BCUT2D eigenvalue weighted by Gasteiger charge is -2.26. The summed E-state index contributed by atoms with van der Waals surface area (Å²) in [7, 11) is 0. The normalized spacial score (nSPS) is 16.1. The van der Waals surface area contributed by atoms with Crippen LogP contribution in [0, 0.1) is 0 Å². The summed E-state index contributed by atoms with van der Waals surface area (Å²) in [4.78, 5) is 23.0. The Morgan fingerprint density at radius 1 is 0.920 bits per heavy atom. The molecular weight excluding hydrogens is 312 g/mol. The molecule has 0 aliphatic carbocycles. The van der Waals surface area contributed by atoms with E-state index in [2.05, 4.69) is 15.3 Å². The minimum Gasteiger partial charge on any atom is -0.314 e. The van der Waals surface area contributed by atoms with Gasteiger partial charge in [-0.05, 0) is 29.3 Å². The standard InChI is InChI=1S/C20H18N4O/c25-20-18-8-2-1-7-17(18)19(23-13-15-5-3-9-21-11-15)24(20)14-16-6-4-10-22-12-16/h1-12,19,23H,13-14H2/t19-/m0/s1. The topological polar surface area (TPSA) is 58.1 Å². The van der Waals surface area contributed by atoms with E-state index in [1.54, 1.807) is 18.6 Å². The summed E-state index contributed by atoms with van der Waals surface area (Å²) >= 11 is 0. The monoisotopic (exact) mass is 330 g/mol. The molecule has 3 aromatic rings. The quantitative estimate of drug-likeness (QED) is 0.781. The Morgan fingerprint density at radius 2 is 1.64 bits per heavy atom. The zero-order valence-corrected chi connectivity index (χ0v) is 13.7. The smallest absolute Gasteiger partial charge is 0.256 e. The van der Waals surface area contributed by atoms with Crippen molar-refractivity contribution in [3.63, 3.8) is 0 Å². The lowest BCUT2D eigenvalue weighted by molar-refractivity contribution is 0.0675. The summed E-state index contributed by atoms with van der Waals surface area (Å²) in [6, 6.07) is 15.6. The molecule has 1 aliphatic heterocycles. The van der Waals surface area contributed by atoms with E-state index >= 15 is 0 Å². The molecule has 1 atom stereocenters. The maximum Gasteiger partial charge on any atom is 0.256 e. The van der Waals surface area contributed by atoms with E-state index in [0.717, 1.165) is 22.3 Å². The summed E-state index contributed by atoms with van der Waals surface area (Å²) in [5.74, 6) is 0.0446. The summed E-state index contributed by atoms with van der Waals surface area (Å²) in [6.07, 6.45) is 6.97. The molecule has 1 amide bonds. The predicted octanol–water partition coefficient (Wildman–Crippen LogP) is 2.92. The van der Waals surface area contributed by atoms with Crippen LogP contribution in [0.15, 0.2) is 73.3 Å². The van der Waals surface area contributed by atoms with Crippen molar-refractivity contribution < 1.29 is 4.79 Å². The molecule has 1 aliphatic rings. The number of aromatic nitrogens is 2. The van der Waals surface area contributed by atoms with Gasteiger partial charge in [-0.15, -0.1) is 0 Å². The third kappa shape index (κ3) is 3.14. The van der Waals surface area contributed by atoms with Crippen molar-refractivity contribution in [2.75, 3.05) is 0 Å². The van der Waals surface area contributed by atoms with E-state index in [1.807, 2.05) is 59.6 Å². The average molecular weight is 330 g/mol. The molecule has 4 rings (SSSR count). The SMILES string of the molecule is O=C1c2ccccc2[C@@H](NCc2cccnc2)N1Cc1cccnc1. The van der Waals surface area contributed by atoms with Crippen molar-refractivity contribution in [1.29, 1.82) is 0 Å². The van der Waals surface area contributed by atoms with Gasteiger partial charge in [-0.1, -0.05) is 30.3 Å². The van der Waals surface area contributed by atoms with Gasteiger partial charge in [-0.2, -0.15) is 0 Å². The predicted molar refractivity (Wildman–Crippen MR) is 94.4 cm³/mol. The highest BCUT2D eigenvalue weighted by atomic mass is 16.2. The molecule has 0 bridgehead atoms. The number of hydrogen-bond donors (Lipinski definition) is 1. The van der Waals surface area contributed by atoms with Crippen LogP contribution in [0.1, 0.15) is 33.2 Å². The Morgan fingerprint density at radius 3 is 2.36 bits per heavy atom. The van der Waals surface area contributed by atoms with Crippen LogP contribution >= 0.6 is 0 Å². The van der Waals surface area contributed by atoms with Gasteiger partial charge >= 0.3 is 0 Å². The summed E-state index contributed by atoms with van der Waals surface area (Å²) in [5, 5.41) is 3.50. The fourth-order valence-electron chi connectivity index (χ4n) is 3.16. The molecule has 1 aromatic carbocycles. The number of fused-ring (bicyclic) bond motifs is 1. The van der Waals surface area contributed by atoms with Crippen LogP contribution in [-0.4, -0.2) is 20.8 Å². The van der Waals surface area contributed by atoms with E-state index in [0.29, 0.717) is 13.1 Å². The molecule has 0 saturated heterocycles. The third-order valence-corrected chi connectivity index (χ3v) is 4.36. The summed E-state index contributed by atoms with van der Waals surface area (Å²) in [5.41, 5.74) is 3.87. The number of amides is 1. The molecule has 124 valence electrons. The molecule has 25 heavy (non-hydrogen) atoms. The maximum atomic E-state index is 12.9. The van der Waals surface area contributed by atoms with Crippen LogP contribution in [0.4, 0.5) is 0 Å². The molecule has 2 aromatic heterocycles. The minimum atomic E-state index is -0.163. The highest BCUT2D eigenvalue weighted by Gasteiger charge is 2.36. The van der Waals surface area contributed by atoms with Crippen molar-refractivity contribution in [2.24, 2.45) is 0 Å². The number of benzene rings is 1. The lowest BCUT2D eigenvalue weighted by Crippen LogP contribution is -2.36. The van der Waals surface area contributed by atoms with Gasteiger partial charge in [-0.3, -0.25) is 20.1 Å². The average Bonchev–Trinajstić information content (AvgIpc) is 2.94. The number of nitrogens with zero attached hydrogens (tertiary/aromatic N) is 3. The zero-order chi connectivity index (χ0) is 17.1. The van der Waals surface area contributed by atoms with Gasteiger partial charge in [-0.25, -0.2) is 0 Å². The number of hydrogen-bond acceptors (Lipinski definition) is 4. The number of carbonyl (C=O) groups excluding carboxylic acids is 1. The second-order valence-corrected chi connectivity index (χ2v) is 6.03. The van der Waals surface area contributed by atoms with Crippen molar-refractivity contribution in [2.45, 2.75) is 19.3 Å². The van der Waals surface area contributed by atoms with Gasteiger partial charge < -0.3 is 4.90 Å². The molecular formula is C20H18N4O. The minimum absolute atomic E-state index is 0.0446. The number of rotatable bonds is 5. The molecule has 0 spiro atoms. The van der Waals surface area contributed by atoms with Gasteiger partial charge in [0.05, 0.1) is 0 Å². The van der Waals surface area contributed by atoms with Crippen molar-refractivity contribution >= 4 is 5.91 Å². The first kappa shape index (κ1) is 15.5. The maximum absolute atomic E-state index is 12.9. The van der Waals surface area contributed by atoms with Crippen LogP contribution < -0.4 is 5.32 Å². The first-order valence-electron chi connectivity index (χ1n) is 8.24. The van der Waals surface area contributed by atoms with Crippen molar-refractivity contribution in [3.8, 4) is 0 Å². The van der Waals surface area contributed by atoms with Crippen LogP contribution in [0.25, 0.3) is 0 Å². The first-order chi connectivity index (χ1) is 12.3. The Kier molecular flexibility index (Phi) is 4.23. The van der Waals surface area contributed by atoms with Gasteiger partial charge in [0.25, 0.3) is 5.91 Å². The zero-order valence-electron chi connectivity index (χ0n) is 13.7. The van der Waals surface area contributed by atoms with E-state index in [4.69, 9.17) is 0 Å². The number of pyridine rings is 2. The van der Waals surface area contributed by atoms with Gasteiger partial charge in [0, 0.05) is 49.0 Å². The Labute approximate surface area is 146 Å². The van der Waals surface area contributed by atoms with E-state index in [1.165, 1.54) is 0 Å². The number of nitrogens with one attached hydrogen (secondary N) is 1. The fourth-order valence-corrected chi connectivity index (χ4v) is 3.16. The summed E-state index contributed by atoms with van der Waals surface area (Å²) in [6.45, 7) is 1.16. The van der Waals surface area contributed by atoms with E-state index in [-0.39, 0.29) is 12.1 Å². The molecule has 3 heterocycles. The van der Waals surface area contributed by atoms with Gasteiger partial charge in [0.2, 0.25) is 0 Å². The molecule has 0 unspecified atom stereocenters. The molecule has 5 heteroatoms. The first-order valence-corrected chi connectivity index (χ1v) is 8.24. The van der Waals surface area contributed by atoms with Crippen LogP contribution in [0.2, 0.25) is 0 Å². The number of carbonyl (C=O) groups is 1. The van der Waals surface area contributed by atoms with Crippen molar-refractivity contribution in [3.05, 3.63) is 95.6 Å².